The second-order valence-electron chi connectivity index (χ2n) is 0. The van der Waals surface area contributed by atoms with Crippen molar-refractivity contribution in [1.82, 2.24) is 0 Å². The third-order valence-electron chi connectivity index (χ3n) is 0. The van der Waals surface area contributed by atoms with Crippen LogP contribution < -0.4 is 0 Å². The van der Waals surface area contributed by atoms with Crippen LogP contribution in [0.3, 0.4) is 0 Å². The summed E-state index contributed by atoms with van der Waals surface area (Å²) in [5.74, 6) is 0. The summed E-state index contributed by atoms with van der Waals surface area (Å²) >= 11 is 0.611. The molecule has 0 unspecified atom stereocenters. The predicted molar refractivity (Wildman–Crippen MR) is 7.84 cm³/mol. The van der Waals surface area contributed by atoms with Gasteiger partial charge in [-0.1, -0.05) is 0 Å². The van der Waals surface area contributed by atoms with Crippen molar-refractivity contribution in [2.45, 2.75) is 0 Å². The first-order valence-corrected chi connectivity index (χ1v) is 0.866. The molecule has 0 bridgehead atoms. The molecule has 0 heterocycles. The molecular formula is HAlCoMoO. The second-order valence-corrected chi connectivity index (χ2v) is 0. The van der Waals surface area contributed by atoms with Gasteiger partial charge in [-0.25, -0.2) is 0 Å². The van der Waals surface area contributed by atoms with Crippen molar-refractivity contribution < 1.29 is 41.6 Å². The van der Waals surface area contributed by atoms with Gasteiger partial charge in [0, 0.05) is 37.8 Å². The van der Waals surface area contributed by atoms with E-state index in [-0.39, 0.29) is 37.8 Å². The van der Waals surface area contributed by atoms with Crippen LogP contribution in [-0.2, 0) is 41.6 Å². The third kappa shape index (κ3) is 9.66. The van der Waals surface area contributed by atoms with Crippen molar-refractivity contribution in [3.63, 3.8) is 0 Å². The Hall–Kier alpha value is 1.53. The SMILES string of the molecule is [Co].[Mo].[O]=[AlH]. The molecule has 0 aromatic heterocycles. The summed E-state index contributed by atoms with van der Waals surface area (Å²) in [5.41, 5.74) is 0. The van der Waals surface area contributed by atoms with E-state index in [0.29, 0.717) is 16.2 Å². The molecule has 0 amide bonds. The molecule has 4 heavy (non-hydrogen) atoms. The summed E-state index contributed by atoms with van der Waals surface area (Å²) in [6, 6.07) is 0. The van der Waals surface area contributed by atoms with Gasteiger partial charge in [0.2, 0.25) is 0 Å². The quantitative estimate of drug-likeness (QED) is 0.468. The molecule has 1 nitrogen and oxygen atoms in total. The van der Waals surface area contributed by atoms with Crippen LogP contribution in [-0.4, -0.2) is 16.2 Å². The predicted octanol–water partition coefficient (Wildman–Crippen LogP) is -0.772. The van der Waals surface area contributed by atoms with Crippen LogP contribution in [0.2, 0.25) is 0 Å². The molecule has 0 saturated heterocycles. The maximum atomic E-state index is 8.28. The summed E-state index contributed by atoms with van der Waals surface area (Å²) in [6.45, 7) is 0. The van der Waals surface area contributed by atoms with E-state index in [2.05, 4.69) is 0 Å². The van der Waals surface area contributed by atoms with Crippen molar-refractivity contribution in [3.8, 4) is 0 Å². The third-order valence-corrected chi connectivity index (χ3v) is 0. The number of hydrogen-bond donors (Lipinski definition) is 0. The van der Waals surface area contributed by atoms with Crippen molar-refractivity contribution in [1.29, 1.82) is 0 Å². The standard InChI is InChI=1S/Al.Co.Mo.O.H. The maximum absolute atomic E-state index is 8.28. The minimum atomic E-state index is 0. The van der Waals surface area contributed by atoms with Crippen LogP contribution >= 0.6 is 0 Å². The monoisotopic (exact) mass is 201 g/mol. The molecule has 0 aromatic carbocycles. The van der Waals surface area contributed by atoms with Gasteiger partial charge in [-0.3, -0.25) is 0 Å². The minimum absolute atomic E-state index is 0. The van der Waals surface area contributed by atoms with Crippen LogP contribution in [0.15, 0.2) is 0 Å². The van der Waals surface area contributed by atoms with E-state index in [4.69, 9.17) is 3.80 Å². The topological polar surface area (TPSA) is 17.1 Å². The van der Waals surface area contributed by atoms with Gasteiger partial charge in [0.1, 0.15) is 0 Å². The van der Waals surface area contributed by atoms with Gasteiger partial charge < -0.3 is 0 Å². The van der Waals surface area contributed by atoms with E-state index in [1.165, 1.54) is 0 Å². The fraction of sp³-hybridized carbons (Fsp3) is 0. The van der Waals surface area contributed by atoms with Gasteiger partial charge in [-0.2, -0.15) is 0 Å². The van der Waals surface area contributed by atoms with Crippen LogP contribution in [0, 0.1) is 0 Å². The number of rotatable bonds is 0. The van der Waals surface area contributed by atoms with E-state index in [1.54, 1.807) is 0 Å². The van der Waals surface area contributed by atoms with E-state index in [9.17, 15) is 0 Å². The summed E-state index contributed by atoms with van der Waals surface area (Å²) < 4.78 is 8.28. The van der Waals surface area contributed by atoms with Crippen LogP contribution in [0.25, 0.3) is 0 Å². The van der Waals surface area contributed by atoms with E-state index in [0.717, 1.165) is 0 Å². The molecule has 1 radical (unpaired) electrons. The van der Waals surface area contributed by atoms with Gasteiger partial charge in [-0.15, -0.1) is 0 Å². The first kappa shape index (κ1) is 17.7. The first-order chi connectivity index (χ1) is 1.00. The van der Waals surface area contributed by atoms with E-state index < -0.39 is 0 Å². The van der Waals surface area contributed by atoms with E-state index >= 15 is 0 Å². The molecule has 0 aliphatic rings. The molecule has 0 spiro atoms. The van der Waals surface area contributed by atoms with Crippen molar-refractivity contribution in [2.75, 3.05) is 0 Å². The van der Waals surface area contributed by atoms with Crippen molar-refractivity contribution in [2.24, 2.45) is 0 Å². The molecule has 0 aliphatic carbocycles. The Morgan fingerprint density at radius 1 is 1.25 bits per heavy atom. The van der Waals surface area contributed by atoms with Gasteiger partial charge in [0.25, 0.3) is 0 Å². The molecule has 0 atom stereocenters. The van der Waals surface area contributed by atoms with Gasteiger partial charge >= 0.3 is 20.0 Å². The number of hydrogen-bond acceptors (Lipinski definition) is 1. The molecule has 0 aliphatic heterocycles. The van der Waals surface area contributed by atoms with Crippen molar-refractivity contribution in [3.05, 3.63) is 0 Å². The second kappa shape index (κ2) is 24.1. The Balaban J connectivity index is -0.00000000500. The fourth-order valence-electron chi connectivity index (χ4n) is 0. The molecule has 25 valence electrons. The zero-order valence-electron chi connectivity index (χ0n) is 1.86. The molecule has 0 rings (SSSR count). The Kier molecular flexibility index (Phi) is 107. The van der Waals surface area contributed by atoms with Crippen LogP contribution in [0.4, 0.5) is 0 Å². The van der Waals surface area contributed by atoms with Crippen LogP contribution in [0.5, 0.6) is 0 Å². The average molecular weight is 199 g/mol. The zero-order chi connectivity index (χ0) is 2.00. The van der Waals surface area contributed by atoms with Crippen molar-refractivity contribution >= 4 is 16.2 Å². The van der Waals surface area contributed by atoms with Crippen LogP contribution in [0.1, 0.15) is 0 Å². The zero-order valence-corrected chi connectivity index (χ0v) is 6.32. The average Bonchev–Trinajstić information content (AvgIpc) is 1.00. The normalized spacial score (nSPS) is 0.750. The van der Waals surface area contributed by atoms with Gasteiger partial charge in [0.05, 0.1) is 0 Å². The molecule has 0 saturated carbocycles. The fourth-order valence-corrected chi connectivity index (χ4v) is 0. The Morgan fingerprint density at radius 2 is 1.25 bits per heavy atom. The molecular weight excluding hydrogens is 198 g/mol. The van der Waals surface area contributed by atoms with Gasteiger partial charge in [-0.05, 0) is 0 Å². The summed E-state index contributed by atoms with van der Waals surface area (Å²) in [4.78, 5) is 0. The Morgan fingerprint density at radius 3 is 1.25 bits per heavy atom. The molecule has 0 N–H and O–H groups in total. The van der Waals surface area contributed by atoms with E-state index in [1.807, 2.05) is 0 Å². The molecule has 0 aromatic rings. The Labute approximate surface area is 57.6 Å². The first-order valence-electron chi connectivity index (χ1n) is 0.289. The summed E-state index contributed by atoms with van der Waals surface area (Å²) in [7, 11) is 0. The summed E-state index contributed by atoms with van der Waals surface area (Å²) in [6.07, 6.45) is 0. The molecule has 4 heteroatoms. The summed E-state index contributed by atoms with van der Waals surface area (Å²) in [5, 5.41) is 0. The molecule has 0 fully saturated rings. The van der Waals surface area contributed by atoms with Gasteiger partial charge in [0.15, 0.2) is 0 Å². The Bertz CT molecular complexity index is 8.00.